The lowest BCUT2D eigenvalue weighted by Gasteiger charge is -2.39. The van der Waals surface area contributed by atoms with Gasteiger partial charge in [-0.3, -0.25) is 4.79 Å². The molecule has 0 aliphatic heterocycles. The molecule has 0 N–H and O–H groups in total. The van der Waals surface area contributed by atoms with Gasteiger partial charge >= 0.3 is 0 Å². The van der Waals surface area contributed by atoms with Crippen molar-refractivity contribution in [1.82, 2.24) is 0 Å². The predicted octanol–water partition coefficient (Wildman–Crippen LogP) is 2.35. The van der Waals surface area contributed by atoms with Crippen molar-refractivity contribution in [2.45, 2.75) is 32.5 Å². The van der Waals surface area contributed by atoms with Crippen LogP contribution >= 0.6 is 0 Å². The summed E-state index contributed by atoms with van der Waals surface area (Å²) in [4.78, 5) is 12.1. The van der Waals surface area contributed by atoms with Crippen LogP contribution in [0.15, 0.2) is 11.5 Å². The number of allylic oxidation sites excluding steroid dienone is 2. The Labute approximate surface area is 110 Å². The van der Waals surface area contributed by atoms with Gasteiger partial charge in [0.15, 0.2) is 17.0 Å². The fourth-order valence-electron chi connectivity index (χ4n) is 2.67. The first-order valence-corrected chi connectivity index (χ1v) is 9.74. The summed E-state index contributed by atoms with van der Waals surface area (Å²) in [7, 11) is 1.72. The quantitative estimate of drug-likeness (QED) is 0.567. The summed E-state index contributed by atoms with van der Waals surface area (Å²) >= 11 is 0. The average Bonchev–Trinajstić information content (AvgIpc) is 2.53. The van der Waals surface area contributed by atoms with Crippen LogP contribution in [0.25, 0.3) is 0 Å². The highest BCUT2D eigenvalue weighted by molar-refractivity contribution is 6.83. The third-order valence-corrected chi connectivity index (χ3v) is 4.49. The molecule has 4 heteroatoms. The molecule has 1 saturated carbocycles. The van der Waals surface area contributed by atoms with Crippen LogP contribution in [0.1, 0.15) is 12.8 Å². The van der Waals surface area contributed by atoms with Gasteiger partial charge < -0.3 is 9.47 Å². The van der Waals surface area contributed by atoms with E-state index in [1.165, 1.54) is 0 Å². The van der Waals surface area contributed by atoms with E-state index in [2.05, 4.69) is 31.1 Å². The van der Waals surface area contributed by atoms with E-state index in [0.717, 1.165) is 12.2 Å². The summed E-state index contributed by atoms with van der Waals surface area (Å²) in [6.45, 7) is 6.53. The van der Waals surface area contributed by atoms with E-state index in [9.17, 15) is 4.79 Å². The summed E-state index contributed by atoms with van der Waals surface area (Å²) in [6.07, 6.45) is 1.37. The van der Waals surface area contributed by atoms with E-state index < -0.39 is 13.5 Å². The van der Waals surface area contributed by atoms with Gasteiger partial charge in [0, 0.05) is 18.8 Å². The van der Waals surface area contributed by atoms with Gasteiger partial charge in [-0.05, 0) is 0 Å². The Morgan fingerprint density at radius 2 is 1.89 bits per heavy atom. The molecule has 0 amide bonds. The van der Waals surface area contributed by atoms with Crippen LogP contribution in [-0.2, 0) is 14.3 Å². The highest BCUT2D eigenvalue weighted by atomic mass is 28.3. The third kappa shape index (κ3) is 1.78. The van der Waals surface area contributed by atoms with Crippen molar-refractivity contribution < 1.29 is 14.3 Å². The SMILES string of the molecule is COC1=C(OC)C2(C#C[Si](C)(C)C)C(=O)CC2C1. The van der Waals surface area contributed by atoms with E-state index >= 15 is 0 Å². The molecule has 3 nitrogen and oxygen atoms in total. The smallest absolute Gasteiger partial charge is 0.159 e. The van der Waals surface area contributed by atoms with Crippen molar-refractivity contribution in [2.75, 3.05) is 14.2 Å². The molecule has 0 aromatic rings. The average molecular weight is 264 g/mol. The van der Waals surface area contributed by atoms with E-state index in [-0.39, 0.29) is 11.7 Å². The molecule has 2 aliphatic carbocycles. The zero-order valence-corrected chi connectivity index (χ0v) is 12.7. The monoisotopic (exact) mass is 264 g/mol. The van der Waals surface area contributed by atoms with Gasteiger partial charge in [-0.15, -0.1) is 5.54 Å². The molecule has 0 heterocycles. The Morgan fingerprint density at radius 1 is 1.22 bits per heavy atom. The van der Waals surface area contributed by atoms with E-state index in [0.29, 0.717) is 12.2 Å². The Balaban J connectivity index is 2.46. The van der Waals surface area contributed by atoms with Crippen molar-refractivity contribution in [1.29, 1.82) is 0 Å². The van der Waals surface area contributed by atoms with Gasteiger partial charge in [0.05, 0.1) is 14.2 Å². The van der Waals surface area contributed by atoms with Crippen molar-refractivity contribution in [2.24, 2.45) is 11.3 Å². The second-order valence-electron chi connectivity index (χ2n) is 6.00. The van der Waals surface area contributed by atoms with Crippen LogP contribution in [0.4, 0.5) is 0 Å². The molecule has 98 valence electrons. The van der Waals surface area contributed by atoms with E-state index in [1.807, 2.05) is 0 Å². The molecule has 2 aliphatic rings. The number of ketones is 1. The van der Waals surface area contributed by atoms with Crippen LogP contribution in [-0.4, -0.2) is 28.1 Å². The molecule has 0 saturated heterocycles. The summed E-state index contributed by atoms with van der Waals surface area (Å²) in [6, 6.07) is 0. The normalized spacial score (nSPS) is 30.3. The minimum absolute atomic E-state index is 0.183. The highest BCUT2D eigenvalue weighted by Crippen LogP contribution is 2.57. The number of rotatable bonds is 2. The molecule has 0 spiro atoms. The summed E-state index contributed by atoms with van der Waals surface area (Å²) < 4.78 is 10.8. The molecule has 2 unspecified atom stereocenters. The van der Waals surface area contributed by atoms with Crippen LogP contribution in [0.5, 0.6) is 0 Å². The lowest BCUT2D eigenvalue weighted by molar-refractivity contribution is -0.138. The topological polar surface area (TPSA) is 35.5 Å². The number of hydrogen-bond donors (Lipinski definition) is 0. The van der Waals surface area contributed by atoms with Gasteiger partial charge in [-0.25, -0.2) is 0 Å². The maximum atomic E-state index is 12.1. The summed E-state index contributed by atoms with van der Waals surface area (Å²) in [5.74, 6) is 5.12. The Morgan fingerprint density at radius 3 is 2.33 bits per heavy atom. The standard InChI is InChI=1S/C14H20O3Si/c1-16-11-8-10-9-12(15)14(10,13(11)17-2)6-7-18(3,4)5/h10H,8-9H2,1-5H3. The molecular formula is C14H20O3Si. The van der Waals surface area contributed by atoms with Crippen LogP contribution < -0.4 is 0 Å². The number of methoxy groups -OCH3 is 2. The number of ether oxygens (including phenoxy) is 2. The number of fused-ring (bicyclic) bond motifs is 1. The second-order valence-corrected chi connectivity index (χ2v) is 10.7. The van der Waals surface area contributed by atoms with Crippen LogP contribution in [0.2, 0.25) is 19.6 Å². The molecule has 18 heavy (non-hydrogen) atoms. The van der Waals surface area contributed by atoms with E-state index in [1.54, 1.807) is 14.2 Å². The summed E-state index contributed by atoms with van der Waals surface area (Å²) in [5, 5.41) is 0. The minimum atomic E-state index is -1.50. The zero-order chi connectivity index (χ0) is 13.6. The van der Waals surface area contributed by atoms with Crippen molar-refractivity contribution >= 4 is 13.9 Å². The van der Waals surface area contributed by atoms with Crippen LogP contribution in [0.3, 0.4) is 0 Å². The van der Waals surface area contributed by atoms with Gasteiger partial charge in [-0.1, -0.05) is 25.6 Å². The fraction of sp³-hybridized carbons (Fsp3) is 0.643. The van der Waals surface area contributed by atoms with E-state index in [4.69, 9.17) is 9.47 Å². The van der Waals surface area contributed by atoms with Gasteiger partial charge in [0.25, 0.3) is 0 Å². The van der Waals surface area contributed by atoms with Gasteiger partial charge in [-0.2, -0.15) is 0 Å². The maximum Gasteiger partial charge on any atom is 0.159 e. The van der Waals surface area contributed by atoms with Gasteiger partial charge in [0.2, 0.25) is 0 Å². The first-order chi connectivity index (χ1) is 8.35. The second kappa shape index (κ2) is 4.17. The van der Waals surface area contributed by atoms with Gasteiger partial charge in [0.1, 0.15) is 13.8 Å². The van der Waals surface area contributed by atoms with Crippen molar-refractivity contribution in [3.63, 3.8) is 0 Å². The zero-order valence-electron chi connectivity index (χ0n) is 11.7. The molecule has 0 aromatic carbocycles. The molecular weight excluding hydrogens is 244 g/mol. The van der Waals surface area contributed by atoms with Crippen LogP contribution in [0, 0.1) is 22.8 Å². The minimum Gasteiger partial charge on any atom is -0.498 e. The summed E-state index contributed by atoms with van der Waals surface area (Å²) in [5.41, 5.74) is 2.63. The first kappa shape index (κ1) is 13.2. The number of carbonyl (C=O) groups excluding carboxylic acids is 1. The molecule has 2 atom stereocenters. The number of Topliss-reactive ketones (excluding diaryl/α,β-unsaturated/α-hetero) is 1. The largest absolute Gasteiger partial charge is 0.498 e. The van der Waals surface area contributed by atoms with Crippen molar-refractivity contribution in [3.8, 4) is 11.5 Å². The predicted molar refractivity (Wildman–Crippen MR) is 72.3 cm³/mol. The van der Waals surface area contributed by atoms with Crippen molar-refractivity contribution in [3.05, 3.63) is 11.5 Å². The molecule has 1 fully saturated rings. The lowest BCUT2D eigenvalue weighted by Crippen LogP contribution is -2.48. The third-order valence-electron chi connectivity index (χ3n) is 3.61. The lowest BCUT2D eigenvalue weighted by atomic mass is 9.61. The molecule has 0 radical (unpaired) electrons. The Hall–Kier alpha value is -1.21. The maximum absolute atomic E-state index is 12.1. The fourth-order valence-corrected chi connectivity index (χ4v) is 3.25. The molecule has 0 aromatic heterocycles. The Bertz CT molecular complexity index is 475. The first-order valence-electron chi connectivity index (χ1n) is 6.24. The molecule has 2 rings (SSSR count). The highest BCUT2D eigenvalue weighted by Gasteiger charge is 2.63. The Kier molecular flexibility index (Phi) is 3.06. The number of carbonyl (C=O) groups is 1. The number of hydrogen-bond acceptors (Lipinski definition) is 3. The molecule has 0 bridgehead atoms.